The average molecular weight is 394 g/mol. The van der Waals surface area contributed by atoms with Crippen LogP contribution in [0.25, 0.3) is 17.1 Å². The summed E-state index contributed by atoms with van der Waals surface area (Å²) in [6.07, 6.45) is 2.92. The number of hydrogen-bond donors (Lipinski definition) is 2. The van der Waals surface area contributed by atoms with E-state index in [9.17, 15) is 9.59 Å². The van der Waals surface area contributed by atoms with Crippen LogP contribution in [0.15, 0.2) is 48.5 Å². The lowest BCUT2D eigenvalue weighted by Gasteiger charge is -2.10. The summed E-state index contributed by atoms with van der Waals surface area (Å²) in [5.41, 5.74) is 7.18. The van der Waals surface area contributed by atoms with Crippen molar-refractivity contribution in [3.63, 3.8) is 0 Å². The molecule has 1 aromatic heterocycles. The second kappa shape index (κ2) is 8.92. The molecule has 8 nitrogen and oxygen atoms in total. The van der Waals surface area contributed by atoms with Gasteiger partial charge in [0.25, 0.3) is 5.91 Å². The van der Waals surface area contributed by atoms with E-state index in [1.54, 1.807) is 24.3 Å². The molecule has 3 rings (SSSR count). The number of para-hydroxylation sites is 3. The molecule has 2 N–H and O–H groups in total. The van der Waals surface area contributed by atoms with Crippen molar-refractivity contribution in [3.8, 4) is 11.5 Å². The van der Waals surface area contributed by atoms with Crippen LogP contribution in [0.3, 0.4) is 0 Å². The molecule has 0 saturated heterocycles. The summed E-state index contributed by atoms with van der Waals surface area (Å²) < 4.78 is 12.4. The molecule has 0 atom stereocenters. The second-order valence-corrected chi connectivity index (χ2v) is 6.21. The molecule has 8 heteroatoms. The summed E-state index contributed by atoms with van der Waals surface area (Å²) in [5.74, 6) is 0.836. The van der Waals surface area contributed by atoms with Crippen LogP contribution in [0, 0.1) is 0 Å². The number of ether oxygens (including phenoxy) is 2. The van der Waals surface area contributed by atoms with Crippen LogP contribution < -0.4 is 20.3 Å². The maximum absolute atomic E-state index is 12.2. The summed E-state index contributed by atoms with van der Waals surface area (Å²) >= 11 is 0. The van der Waals surface area contributed by atoms with Crippen LogP contribution in [0.1, 0.15) is 11.4 Å². The Hall–Kier alpha value is -3.81. The Labute approximate surface area is 168 Å². The van der Waals surface area contributed by atoms with E-state index in [2.05, 4.69) is 15.8 Å². The first-order valence-corrected chi connectivity index (χ1v) is 8.91. The Morgan fingerprint density at radius 3 is 2.59 bits per heavy atom. The van der Waals surface area contributed by atoms with Gasteiger partial charge in [0.2, 0.25) is 5.91 Å². The van der Waals surface area contributed by atoms with E-state index in [1.165, 1.54) is 20.3 Å². The van der Waals surface area contributed by atoms with Gasteiger partial charge in [-0.15, -0.1) is 0 Å². The lowest BCUT2D eigenvalue weighted by Crippen LogP contribution is -2.41. The van der Waals surface area contributed by atoms with Crippen LogP contribution in [-0.4, -0.2) is 35.6 Å². The van der Waals surface area contributed by atoms with Crippen molar-refractivity contribution in [2.75, 3.05) is 14.2 Å². The maximum Gasteiger partial charge on any atom is 0.262 e. The van der Waals surface area contributed by atoms with E-state index in [1.807, 2.05) is 35.9 Å². The van der Waals surface area contributed by atoms with E-state index in [-0.39, 0.29) is 12.3 Å². The molecule has 0 fully saturated rings. The predicted molar refractivity (Wildman–Crippen MR) is 109 cm³/mol. The smallest absolute Gasteiger partial charge is 0.262 e. The highest BCUT2D eigenvalue weighted by Gasteiger charge is 2.12. The number of hydrogen-bond acceptors (Lipinski definition) is 5. The van der Waals surface area contributed by atoms with Crippen LogP contribution in [-0.2, 0) is 23.1 Å². The number of carbonyl (C=O) groups is 2. The number of carbonyl (C=O) groups excluding carboxylic acids is 2. The summed E-state index contributed by atoms with van der Waals surface area (Å²) in [4.78, 5) is 28.6. The third-order valence-corrected chi connectivity index (χ3v) is 4.37. The molecule has 0 unspecified atom stereocenters. The molecular formula is C21H22N4O4. The molecule has 1 heterocycles. The van der Waals surface area contributed by atoms with Gasteiger partial charge >= 0.3 is 0 Å². The number of hydrazine groups is 1. The summed E-state index contributed by atoms with van der Waals surface area (Å²) in [6, 6.07) is 13.0. The SMILES string of the molecule is COc1cccc(/C=C/C(=O)NNC(=O)Cc2nc3ccccc3n2C)c1OC. The Balaban J connectivity index is 1.58. The molecule has 0 spiro atoms. The number of amides is 2. The second-order valence-electron chi connectivity index (χ2n) is 6.21. The molecule has 0 aliphatic heterocycles. The molecule has 0 aliphatic rings. The van der Waals surface area contributed by atoms with E-state index in [0.717, 1.165) is 11.0 Å². The fraction of sp³-hybridized carbons (Fsp3) is 0.190. The largest absolute Gasteiger partial charge is 0.493 e. The van der Waals surface area contributed by atoms with Gasteiger partial charge < -0.3 is 14.0 Å². The van der Waals surface area contributed by atoms with E-state index < -0.39 is 5.91 Å². The van der Waals surface area contributed by atoms with Gasteiger partial charge in [-0.1, -0.05) is 24.3 Å². The lowest BCUT2D eigenvalue weighted by atomic mass is 10.1. The highest BCUT2D eigenvalue weighted by atomic mass is 16.5. The van der Waals surface area contributed by atoms with Crippen molar-refractivity contribution in [2.24, 2.45) is 7.05 Å². The minimum Gasteiger partial charge on any atom is -0.493 e. The molecule has 2 aromatic carbocycles. The van der Waals surface area contributed by atoms with Crippen LogP contribution >= 0.6 is 0 Å². The van der Waals surface area contributed by atoms with Crippen LogP contribution in [0.2, 0.25) is 0 Å². The van der Waals surface area contributed by atoms with Crippen molar-refractivity contribution in [2.45, 2.75) is 6.42 Å². The number of benzene rings is 2. The summed E-state index contributed by atoms with van der Waals surface area (Å²) in [7, 11) is 4.91. The Bertz CT molecular complexity index is 1070. The lowest BCUT2D eigenvalue weighted by molar-refractivity contribution is -0.126. The molecule has 3 aromatic rings. The Kier molecular flexibility index (Phi) is 6.13. The molecule has 0 saturated carbocycles. The summed E-state index contributed by atoms with van der Waals surface area (Å²) in [6.45, 7) is 0. The first-order chi connectivity index (χ1) is 14.0. The number of methoxy groups -OCH3 is 2. The van der Waals surface area contributed by atoms with Crippen molar-refractivity contribution in [3.05, 3.63) is 59.9 Å². The first-order valence-electron chi connectivity index (χ1n) is 8.91. The van der Waals surface area contributed by atoms with E-state index in [0.29, 0.717) is 22.9 Å². The predicted octanol–water partition coefficient (Wildman–Crippen LogP) is 1.99. The maximum atomic E-state index is 12.2. The van der Waals surface area contributed by atoms with E-state index in [4.69, 9.17) is 9.47 Å². The van der Waals surface area contributed by atoms with Crippen molar-refractivity contribution in [1.82, 2.24) is 20.4 Å². The normalized spacial score (nSPS) is 10.9. The average Bonchev–Trinajstić information content (AvgIpc) is 3.05. The fourth-order valence-electron chi connectivity index (χ4n) is 2.92. The molecule has 29 heavy (non-hydrogen) atoms. The van der Waals surface area contributed by atoms with Gasteiger partial charge in [-0.3, -0.25) is 20.4 Å². The third-order valence-electron chi connectivity index (χ3n) is 4.37. The van der Waals surface area contributed by atoms with Crippen molar-refractivity contribution in [1.29, 1.82) is 0 Å². The molecule has 0 radical (unpaired) electrons. The quantitative estimate of drug-likeness (QED) is 0.493. The van der Waals surface area contributed by atoms with Gasteiger partial charge in [0, 0.05) is 18.7 Å². The highest BCUT2D eigenvalue weighted by Crippen LogP contribution is 2.31. The van der Waals surface area contributed by atoms with Gasteiger partial charge in [-0.25, -0.2) is 4.98 Å². The minimum absolute atomic E-state index is 0.0406. The van der Waals surface area contributed by atoms with Gasteiger partial charge in [0.1, 0.15) is 5.82 Å². The fourth-order valence-corrected chi connectivity index (χ4v) is 2.92. The Morgan fingerprint density at radius 2 is 1.86 bits per heavy atom. The molecule has 150 valence electrons. The van der Waals surface area contributed by atoms with Gasteiger partial charge in [0.05, 0.1) is 31.7 Å². The molecular weight excluding hydrogens is 372 g/mol. The van der Waals surface area contributed by atoms with Crippen molar-refractivity contribution >= 4 is 28.9 Å². The van der Waals surface area contributed by atoms with Gasteiger partial charge in [-0.05, 0) is 24.3 Å². The van der Waals surface area contributed by atoms with Crippen LogP contribution in [0.4, 0.5) is 0 Å². The Morgan fingerprint density at radius 1 is 1.07 bits per heavy atom. The minimum atomic E-state index is -0.478. The molecule has 2 amide bonds. The third kappa shape index (κ3) is 4.55. The number of nitrogens with one attached hydrogen (secondary N) is 2. The standard InChI is InChI=1S/C21H22N4O4/c1-25-16-9-5-4-8-15(16)22-18(25)13-20(27)24-23-19(26)12-11-14-7-6-10-17(28-2)21(14)29-3/h4-12H,13H2,1-3H3,(H,23,26)(H,24,27)/b12-11+. The number of imidazole rings is 1. The zero-order valence-corrected chi connectivity index (χ0v) is 16.4. The topological polar surface area (TPSA) is 94.5 Å². The van der Waals surface area contributed by atoms with Crippen molar-refractivity contribution < 1.29 is 19.1 Å². The molecule has 0 bridgehead atoms. The number of aromatic nitrogens is 2. The number of rotatable bonds is 6. The molecule has 0 aliphatic carbocycles. The van der Waals surface area contributed by atoms with E-state index >= 15 is 0 Å². The highest BCUT2D eigenvalue weighted by molar-refractivity contribution is 5.93. The van der Waals surface area contributed by atoms with Gasteiger partial charge in [-0.2, -0.15) is 0 Å². The van der Waals surface area contributed by atoms with Gasteiger partial charge in [0.15, 0.2) is 11.5 Å². The first kappa shape index (κ1) is 19.9. The number of fused-ring (bicyclic) bond motifs is 1. The summed E-state index contributed by atoms with van der Waals surface area (Å²) in [5, 5.41) is 0. The number of aryl methyl sites for hydroxylation is 1. The number of nitrogens with zero attached hydrogens (tertiary/aromatic N) is 2. The zero-order valence-electron chi connectivity index (χ0n) is 16.4. The van der Waals surface area contributed by atoms with Crippen LogP contribution in [0.5, 0.6) is 11.5 Å². The monoisotopic (exact) mass is 394 g/mol. The zero-order chi connectivity index (χ0) is 20.8.